The summed E-state index contributed by atoms with van der Waals surface area (Å²) in [7, 11) is 0.941. The third kappa shape index (κ3) is 2.44. The van der Waals surface area contributed by atoms with E-state index in [-0.39, 0.29) is 0 Å². The van der Waals surface area contributed by atoms with E-state index in [1.807, 2.05) is 0 Å². The van der Waals surface area contributed by atoms with Crippen molar-refractivity contribution in [2.45, 2.75) is 6.43 Å². The van der Waals surface area contributed by atoms with E-state index in [0.717, 1.165) is 7.11 Å². The van der Waals surface area contributed by atoms with Gasteiger partial charge in [-0.1, -0.05) is 0 Å². The Labute approximate surface area is 92.8 Å². The summed E-state index contributed by atoms with van der Waals surface area (Å²) >= 11 is 0. The zero-order valence-corrected chi connectivity index (χ0v) is 8.39. The topological polar surface area (TPSA) is 103 Å². The number of alkyl halides is 2. The second kappa shape index (κ2) is 4.68. The van der Waals surface area contributed by atoms with E-state index in [1.165, 1.54) is 0 Å². The first kappa shape index (κ1) is 12.7. The summed E-state index contributed by atoms with van der Waals surface area (Å²) in [6.45, 7) is 0. The number of carbonyl (C=O) groups is 1. The van der Waals surface area contributed by atoms with E-state index in [1.54, 1.807) is 0 Å². The average Bonchev–Trinajstić information content (AvgIpc) is 2.27. The fraction of sp³-hybridized carbons (Fsp3) is 0.250. The molecule has 0 radical (unpaired) electrons. The van der Waals surface area contributed by atoms with Gasteiger partial charge in [0.15, 0.2) is 0 Å². The van der Waals surface area contributed by atoms with Crippen LogP contribution in [0.4, 0.5) is 14.6 Å². The van der Waals surface area contributed by atoms with Crippen LogP contribution in [0, 0.1) is 10.1 Å². The first-order valence-corrected chi connectivity index (χ1v) is 4.13. The smallest absolute Gasteiger partial charge is 0.407 e. The number of ether oxygens (including phenoxy) is 1. The molecule has 0 spiro atoms. The molecule has 0 aliphatic heterocycles. The molecule has 17 heavy (non-hydrogen) atoms. The quantitative estimate of drug-likeness (QED) is 0.493. The second-order valence-corrected chi connectivity index (χ2v) is 2.82. The van der Waals surface area contributed by atoms with Gasteiger partial charge in [-0.2, -0.15) is 0 Å². The summed E-state index contributed by atoms with van der Waals surface area (Å²) in [6, 6.07) is 0.541. The molecule has 0 aromatic carbocycles. The van der Waals surface area contributed by atoms with Gasteiger partial charge in [0.05, 0.1) is 7.11 Å². The first-order valence-electron chi connectivity index (χ1n) is 4.13. The Morgan fingerprint density at radius 3 is 2.65 bits per heavy atom. The summed E-state index contributed by atoms with van der Waals surface area (Å²) in [5.41, 5.74) is -1.72. The van der Waals surface area contributed by atoms with Crippen LogP contribution in [0.25, 0.3) is 0 Å². The number of hydrogen-bond donors (Lipinski definition) is 1. The number of aromatic nitrogens is 1. The average molecular weight is 248 g/mol. The fourth-order valence-electron chi connectivity index (χ4n) is 1.05. The van der Waals surface area contributed by atoms with Gasteiger partial charge >= 0.3 is 18.2 Å². The van der Waals surface area contributed by atoms with Crippen molar-refractivity contribution >= 4 is 11.8 Å². The van der Waals surface area contributed by atoms with Crippen molar-refractivity contribution in [1.29, 1.82) is 0 Å². The Morgan fingerprint density at radius 2 is 2.24 bits per heavy atom. The van der Waals surface area contributed by atoms with Crippen LogP contribution in [0.5, 0.6) is 5.75 Å². The Hall–Kier alpha value is -2.32. The molecule has 0 saturated heterocycles. The summed E-state index contributed by atoms with van der Waals surface area (Å²) in [5, 5.41) is 19.8. The third-order valence-corrected chi connectivity index (χ3v) is 1.80. The Bertz CT molecular complexity index is 477. The molecule has 0 aliphatic carbocycles. The van der Waals surface area contributed by atoms with E-state index >= 15 is 0 Å². The summed E-state index contributed by atoms with van der Waals surface area (Å²) in [5.74, 6) is -3.50. The lowest BCUT2D eigenvalue weighted by Crippen LogP contribution is -2.07. The Balaban J connectivity index is 3.48. The van der Waals surface area contributed by atoms with Gasteiger partial charge in [0.25, 0.3) is 0 Å². The number of hydrogen-bond acceptors (Lipinski definition) is 6. The van der Waals surface area contributed by atoms with E-state index in [4.69, 9.17) is 0 Å². The number of nitro groups is 1. The molecular formula is C8H6F2N2O5. The highest BCUT2D eigenvalue weighted by atomic mass is 19.3. The van der Waals surface area contributed by atoms with Crippen molar-refractivity contribution in [3.63, 3.8) is 0 Å². The van der Waals surface area contributed by atoms with Gasteiger partial charge in [0.1, 0.15) is 5.56 Å². The molecule has 7 nitrogen and oxygen atoms in total. The van der Waals surface area contributed by atoms with Crippen molar-refractivity contribution in [1.82, 2.24) is 4.98 Å². The highest BCUT2D eigenvalue weighted by Gasteiger charge is 2.29. The van der Waals surface area contributed by atoms with Crippen LogP contribution in [0.2, 0.25) is 0 Å². The number of carbonyl (C=O) groups excluding carboxylic acids is 1. The minimum absolute atomic E-state index is 0.541. The largest absolute Gasteiger partial charge is 0.500 e. The first-order chi connectivity index (χ1) is 7.88. The van der Waals surface area contributed by atoms with E-state index < -0.39 is 40.1 Å². The van der Waals surface area contributed by atoms with Crippen molar-refractivity contribution < 1.29 is 28.3 Å². The van der Waals surface area contributed by atoms with Gasteiger partial charge < -0.3 is 20.0 Å². The van der Waals surface area contributed by atoms with Crippen LogP contribution in [0.1, 0.15) is 22.5 Å². The summed E-state index contributed by atoms with van der Waals surface area (Å²) in [6.07, 6.45) is -3.11. The normalized spacial score (nSPS) is 10.4. The monoisotopic (exact) mass is 248 g/mol. The molecule has 1 aromatic rings. The molecule has 0 saturated carbocycles. The zero-order valence-electron chi connectivity index (χ0n) is 8.39. The SMILES string of the molecule is COC(=O)c1cc(C(F)F)nc([N+](=O)[O-])c1O. The maximum absolute atomic E-state index is 12.4. The summed E-state index contributed by atoms with van der Waals surface area (Å²) in [4.78, 5) is 23.3. The number of esters is 1. The molecule has 0 unspecified atom stereocenters. The second-order valence-electron chi connectivity index (χ2n) is 2.82. The third-order valence-electron chi connectivity index (χ3n) is 1.80. The molecular weight excluding hydrogens is 242 g/mol. The van der Waals surface area contributed by atoms with Crippen LogP contribution in [0.15, 0.2) is 6.07 Å². The lowest BCUT2D eigenvalue weighted by atomic mass is 10.2. The number of halogens is 2. The molecule has 9 heteroatoms. The van der Waals surface area contributed by atoms with Gasteiger partial charge in [-0.3, -0.25) is 0 Å². The molecule has 1 N–H and O–H groups in total. The zero-order chi connectivity index (χ0) is 13.2. The Morgan fingerprint density at radius 1 is 1.65 bits per heavy atom. The predicted molar refractivity (Wildman–Crippen MR) is 48.9 cm³/mol. The van der Waals surface area contributed by atoms with Gasteiger partial charge in [0.2, 0.25) is 11.4 Å². The number of methoxy groups -OCH3 is 1. The van der Waals surface area contributed by atoms with Crippen molar-refractivity contribution in [3.8, 4) is 5.75 Å². The number of aromatic hydroxyl groups is 1. The Kier molecular flexibility index (Phi) is 3.51. The van der Waals surface area contributed by atoms with Gasteiger partial charge in [-0.05, 0) is 9.91 Å². The van der Waals surface area contributed by atoms with Crippen molar-refractivity contribution in [2.24, 2.45) is 0 Å². The van der Waals surface area contributed by atoms with E-state index in [0.29, 0.717) is 6.07 Å². The van der Waals surface area contributed by atoms with Crippen molar-refractivity contribution in [2.75, 3.05) is 7.11 Å². The number of nitrogens with zero attached hydrogens (tertiary/aromatic N) is 2. The van der Waals surface area contributed by atoms with Crippen LogP contribution in [-0.4, -0.2) is 28.1 Å². The van der Waals surface area contributed by atoms with Gasteiger partial charge in [0, 0.05) is 6.07 Å². The summed E-state index contributed by atoms with van der Waals surface area (Å²) < 4.78 is 28.9. The number of pyridine rings is 1. The molecule has 1 rings (SSSR count). The molecule has 1 aromatic heterocycles. The maximum Gasteiger partial charge on any atom is 0.407 e. The molecule has 1 heterocycles. The fourth-order valence-corrected chi connectivity index (χ4v) is 1.05. The molecule has 0 bridgehead atoms. The highest BCUT2D eigenvalue weighted by Crippen LogP contribution is 2.31. The molecule has 0 fully saturated rings. The highest BCUT2D eigenvalue weighted by molar-refractivity contribution is 5.93. The number of rotatable bonds is 3. The standard InChI is InChI=1S/C8H6F2N2O5/c1-17-8(14)3-2-4(6(9)10)11-7(5(3)13)12(15)16/h2,6,13H,1H3. The van der Waals surface area contributed by atoms with Crippen LogP contribution < -0.4 is 0 Å². The predicted octanol–water partition coefficient (Wildman–Crippen LogP) is 1.42. The molecule has 0 amide bonds. The molecule has 0 atom stereocenters. The maximum atomic E-state index is 12.4. The molecule has 92 valence electrons. The van der Waals surface area contributed by atoms with Gasteiger partial charge in [-0.25, -0.2) is 13.6 Å². The van der Waals surface area contributed by atoms with Crippen LogP contribution in [0.3, 0.4) is 0 Å². The van der Waals surface area contributed by atoms with Gasteiger partial charge in [-0.15, -0.1) is 0 Å². The lowest BCUT2D eigenvalue weighted by molar-refractivity contribution is -0.390. The lowest BCUT2D eigenvalue weighted by Gasteiger charge is -2.04. The minimum atomic E-state index is -3.11. The van der Waals surface area contributed by atoms with Crippen LogP contribution in [-0.2, 0) is 4.74 Å². The molecule has 0 aliphatic rings. The van der Waals surface area contributed by atoms with Crippen molar-refractivity contribution in [3.05, 3.63) is 27.4 Å². The minimum Gasteiger partial charge on any atom is -0.500 e. The van der Waals surface area contributed by atoms with E-state index in [2.05, 4.69) is 9.72 Å². The van der Waals surface area contributed by atoms with Crippen LogP contribution >= 0.6 is 0 Å². The van der Waals surface area contributed by atoms with E-state index in [9.17, 15) is 28.8 Å².